The van der Waals surface area contributed by atoms with E-state index in [4.69, 9.17) is 4.98 Å². The minimum absolute atomic E-state index is 0.102. The van der Waals surface area contributed by atoms with E-state index < -0.39 is 0 Å². The number of fused-ring (bicyclic) bond motifs is 3. The number of hydrogen-bond acceptors (Lipinski definition) is 4. The monoisotopic (exact) mass is 309 g/mol. The van der Waals surface area contributed by atoms with Crippen LogP contribution < -0.4 is 10.2 Å². The number of aromatic nitrogens is 3. The van der Waals surface area contributed by atoms with Crippen molar-refractivity contribution in [3.05, 3.63) is 36.0 Å². The first-order valence-electron chi connectivity index (χ1n) is 7.92. The molecule has 2 aromatic heterocycles. The lowest BCUT2D eigenvalue weighted by Gasteiger charge is -2.28. The SMILES string of the molecule is Cc1cc2nc(N3CCNC(=O)C[C@@H]3C)c3ccccc3n2n1. The van der Waals surface area contributed by atoms with Crippen molar-refractivity contribution in [2.24, 2.45) is 0 Å². The Morgan fingerprint density at radius 2 is 2.13 bits per heavy atom. The van der Waals surface area contributed by atoms with Crippen LogP contribution in [-0.4, -0.2) is 39.6 Å². The second-order valence-corrected chi connectivity index (χ2v) is 6.10. The Balaban J connectivity index is 1.95. The number of para-hydroxylation sites is 1. The van der Waals surface area contributed by atoms with E-state index in [0.29, 0.717) is 13.0 Å². The van der Waals surface area contributed by atoms with E-state index >= 15 is 0 Å². The summed E-state index contributed by atoms with van der Waals surface area (Å²) in [6.45, 7) is 5.45. The first-order chi connectivity index (χ1) is 11.1. The number of hydrogen-bond donors (Lipinski definition) is 1. The van der Waals surface area contributed by atoms with Crippen molar-refractivity contribution in [2.45, 2.75) is 26.3 Å². The Labute approximate surface area is 134 Å². The van der Waals surface area contributed by atoms with Gasteiger partial charge in [-0.15, -0.1) is 0 Å². The Kier molecular flexibility index (Phi) is 3.18. The molecule has 1 aromatic carbocycles. The number of nitrogens with zero attached hydrogens (tertiary/aromatic N) is 4. The molecule has 0 saturated carbocycles. The molecule has 1 aliphatic heterocycles. The number of carbonyl (C=O) groups is 1. The molecule has 23 heavy (non-hydrogen) atoms. The highest BCUT2D eigenvalue weighted by atomic mass is 16.1. The van der Waals surface area contributed by atoms with Crippen LogP contribution in [0.5, 0.6) is 0 Å². The van der Waals surface area contributed by atoms with Gasteiger partial charge in [0.25, 0.3) is 0 Å². The van der Waals surface area contributed by atoms with Crippen LogP contribution in [0.2, 0.25) is 0 Å². The van der Waals surface area contributed by atoms with E-state index in [0.717, 1.165) is 34.6 Å². The number of amides is 1. The zero-order valence-corrected chi connectivity index (χ0v) is 13.3. The minimum Gasteiger partial charge on any atom is -0.354 e. The molecular weight excluding hydrogens is 290 g/mol. The average molecular weight is 309 g/mol. The van der Waals surface area contributed by atoms with E-state index in [1.165, 1.54) is 0 Å². The van der Waals surface area contributed by atoms with Crippen LogP contribution in [0.3, 0.4) is 0 Å². The molecule has 0 unspecified atom stereocenters. The summed E-state index contributed by atoms with van der Waals surface area (Å²) in [6.07, 6.45) is 0.486. The van der Waals surface area contributed by atoms with Gasteiger partial charge in [0, 0.05) is 37.0 Å². The van der Waals surface area contributed by atoms with Crippen molar-refractivity contribution in [2.75, 3.05) is 18.0 Å². The first-order valence-corrected chi connectivity index (χ1v) is 7.92. The van der Waals surface area contributed by atoms with E-state index in [2.05, 4.69) is 34.4 Å². The maximum absolute atomic E-state index is 11.8. The fraction of sp³-hybridized carbons (Fsp3) is 0.353. The highest BCUT2D eigenvalue weighted by Crippen LogP contribution is 2.28. The summed E-state index contributed by atoms with van der Waals surface area (Å²) < 4.78 is 1.89. The smallest absolute Gasteiger partial charge is 0.222 e. The van der Waals surface area contributed by atoms with Gasteiger partial charge in [-0.2, -0.15) is 5.10 Å². The van der Waals surface area contributed by atoms with Gasteiger partial charge in [0.2, 0.25) is 5.91 Å². The molecule has 3 heterocycles. The lowest BCUT2D eigenvalue weighted by molar-refractivity contribution is -0.120. The van der Waals surface area contributed by atoms with Crippen LogP contribution in [0.4, 0.5) is 5.82 Å². The Morgan fingerprint density at radius 1 is 1.30 bits per heavy atom. The van der Waals surface area contributed by atoms with Gasteiger partial charge in [0.1, 0.15) is 5.82 Å². The van der Waals surface area contributed by atoms with Gasteiger partial charge < -0.3 is 10.2 Å². The second kappa shape index (κ2) is 5.22. The molecule has 6 heteroatoms. The van der Waals surface area contributed by atoms with Crippen LogP contribution in [0.1, 0.15) is 19.0 Å². The molecule has 0 radical (unpaired) electrons. The molecule has 0 spiro atoms. The molecule has 4 rings (SSSR count). The van der Waals surface area contributed by atoms with Crippen LogP contribution in [-0.2, 0) is 4.79 Å². The van der Waals surface area contributed by atoms with Crippen molar-refractivity contribution < 1.29 is 4.79 Å². The van der Waals surface area contributed by atoms with Gasteiger partial charge in [-0.1, -0.05) is 12.1 Å². The summed E-state index contributed by atoms with van der Waals surface area (Å²) in [5, 5.41) is 8.54. The number of benzene rings is 1. The standard InChI is InChI=1S/C17H19N5O/c1-11-9-15-19-17(21-8-7-18-16(23)10-12(21)2)13-5-3-4-6-14(13)22(15)20-11/h3-6,9,12H,7-8,10H2,1-2H3,(H,18,23)/t12-/m0/s1. The number of nitrogens with one attached hydrogen (secondary N) is 1. The molecule has 1 atom stereocenters. The lowest BCUT2D eigenvalue weighted by atomic mass is 10.1. The van der Waals surface area contributed by atoms with Crippen LogP contribution >= 0.6 is 0 Å². The molecule has 0 aliphatic carbocycles. The number of anilines is 1. The predicted octanol–water partition coefficient (Wildman–Crippen LogP) is 1.91. The number of carbonyl (C=O) groups excluding carboxylic acids is 1. The van der Waals surface area contributed by atoms with Crippen molar-refractivity contribution >= 4 is 28.3 Å². The summed E-state index contributed by atoms with van der Waals surface area (Å²) in [4.78, 5) is 18.9. The molecule has 1 aliphatic rings. The Morgan fingerprint density at radius 3 is 3.00 bits per heavy atom. The second-order valence-electron chi connectivity index (χ2n) is 6.10. The predicted molar refractivity (Wildman–Crippen MR) is 89.7 cm³/mol. The maximum Gasteiger partial charge on any atom is 0.222 e. The third-order valence-corrected chi connectivity index (χ3v) is 4.37. The summed E-state index contributed by atoms with van der Waals surface area (Å²) >= 11 is 0. The first kappa shape index (κ1) is 14.0. The summed E-state index contributed by atoms with van der Waals surface area (Å²) in [5.74, 6) is 1.03. The summed E-state index contributed by atoms with van der Waals surface area (Å²) in [5.41, 5.74) is 2.82. The number of aryl methyl sites for hydroxylation is 1. The van der Waals surface area contributed by atoms with E-state index in [-0.39, 0.29) is 11.9 Å². The molecule has 1 amide bonds. The van der Waals surface area contributed by atoms with Crippen molar-refractivity contribution in [3.63, 3.8) is 0 Å². The van der Waals surface area contributed by atoms with Crippen molar-refractivity contribution in [3.8, 4) is 0 Å². The van der Waals surface area contributed by atoms with Gasteiger partial charge in [0.05, 0.1) is 11.2 Å². The quantitative estimate of drug-likeness (QED) is 0.746. The van der Waals surface area contributed by atoms with Gasteiger partial charge >= 0.3 is 0 Å². The van der Waals surface area contributed by atoms with Crippen LogP contribution in [0.25, 0.3) is 16.6 Å². The topological polar surface area (TPSA) is 62.5 Å². The van der Waals surface area contributed by atoms with Gasteiger partial charge in [-0.25, -0.2) is 9.50 Å². The third kappa shape index (κ3) is 2.30. The van der Waals surface area contributed by atoms with Crippen molar-refractivity contribution in [1.82, 2.24) is 19.9 Å². The van der Waals surface area contributed by atoms with E-state index in [1.54, 1.807) is 0 Å². The molecule has 118 valence electrons. The van der Waals surface area contributed by atoms with Crippen molar-refractivity contribution in [1.29, 1.82) is 0 Å². The molecule has 1 saturated heterocycles. The molecule has 6 nitrogen and oxygen atoms in total. The highest BCUT2D eigenvalue weighted by molar-refractivity contribution is 5.92. The fourth-order valence-corrected chi connectivity index (χ4v) is 3.28. The lowest BCUT2D eigenvalue weighted by Crippen LogP contribution is -2.35. The molecule has 1 N–H and O–H groups in total. The largest absolute Gasteiger partial charge is 0.354 e. The van der Waals surface area contributed by atoms with Gasteiger partial charge in [-0.3, -0.25) is 4.79 Å². The van der Waals surface area contributed by atoms with E-state index in [9.17, 15) is 4.79 Å². The fourth-order valence-electron chi connectivity index (χ4n) is 3.28. The normalized spacial score (nSPS) is 19.1. The van der Waals surface area contributed by atoms with Crippen LogP contribution in [0.15, 0.2) is 30.3 Å². The summed E-state index contributed by atoms with van der Waals surface area (Å²) in [6, 6.07) is 10.3. The number of rotatable bonds is 1. The maximum atomic E-state index is 11.8. The molecule has 0 bridgehead atoms. The van der Waals surface area contributed by atoms with Gasteiger partial charge in [-0.05, 0) is 26.0 Å². The molecule has 3 aromatic rings. The Bertz CT molecular complexity index is 901. The minimum atomic E-state index is 0.102. The van der Waals surface area contributed by atoms with Gasteiger partial charge in [0.15, 0.2) is 5.65 Å². The molecular formula is C17H19N5O. The zero-order chi connectivity index (χ0) is 16.0. The summed E-state index contributed by atoms with van der Waals surface area (Å²) in [7, 11) is 0. The average Bonchev–Trinajstić information content (AvgIpc) is 2.82. The zero-order valence-electron chi connectivity index (χ0n) is 13.3. The highest BCUT2D eigenvalue weighted by Gasteiger charge is 2.24. The third-order valence-electron chi connectivity index (χ3n) is 4.37. The molecule has 1 fully saturated rings. The Hall–Kier alpha value is -2.63. The van der Waals surface area contributed by atoms with E-state index in [1.807, 2.05) is 29.6 Å². The van der Waals surface area contributed by atoms with Crippen LogP contribution in [0, 0.1) is 6.92 Å².